The van der Waals surface area contributed by atoms with Crippen LogP contribution >= 0.6 is 0 Å². The maximum absolute atomic E-state index is 10.6. The van der Waals surface area contributed by atoms with E-state index in [0.717, 1.165) is 19.1 Å². The van der Waals surface area contributed by atoms with Gasteiger partial charge in [-0.2, -0.15) is 8.42 Å². The molecule has 0 unspecified atom stereocenters. The highest BCUT2D eigenvalue weighted by molar-refractivity contribution is 7.85. The molecule has 14 heavy (non-hydrogen) atoms. The predicted molar refractivity (Wildman–Crippen MR) is 45.9 cm³/mol. The standard InChI is InChI=1S/C7H10N2O4S/c1-14(10,11)12-4-6-8-9-7(13-6)5-2-3-5/h5H,2-4H2,1H3. The van der Waals surface area contributed by atoms with Gasteiger partial charge in [-0.25, -0.2) is 0 Å². The van der Waals surface area contributed by atoms with E-state index in [9.17, 15) is 8.42 Å². The molecule has 2 rings (SSSR count). The highest BCUT2D eigenvalue weighted by atomic mass is 32.2. The molecule has 1 saturated carbocycles. The van der Waals surface area contributed by atoms with Crippen molar-refractivity contribution in [3.05, 3.63) is 11.8 Å². The quantitative estimate of drug-likeness (QED) is 0.681. The van der Waals surface area contributed by atoms with Gasteiger partial charge in [0.15, 0.2) is 0 Å². The van der Waals surface area contributed by atoms with Gasteiger partial charge < -0.3 is 4.42 Å². The Morgan fingerprint density at radius 1 is 1.50 bits per heavy atom. The van der Waals surface area contributed by atoms with Crippen molar-refractivity contribution in [1.29, 1.82) is 0 Å². The van der Waals surface area contributed by atoms with Crippen LogP contribution < -0.4 is 0 Å². The molecule has 0 saturated heterocycles. The van der Waals surface area contributed by atoms with Gasteiger partial charge in [-0.15, -0.1) is 10.2 Å². The van der Waals surface area contributed by atoms with Crippen molar-refractivity contribution in [1.82, 2.24) is 10.2 Å². The summed E-state index contributed by atoms with van der Waals surface area (Å²) >= 11 is 0. The van der Waals surface area contributed by atoms with E-state index in [2.05, 4.69) is 14.4 Å². The summed E-state index contributed by atoms with van der Waals surface area (Å²) in [6.07, 6.45) is 3.11. The summed E-state index contributed by atoms with van der Waals surface area (Å²) in [4.78, 5) is 0. The van der Waals surface area contributed by atoms with Crippen molar-refractivity contribution in [2.45, 2.75) is 25.4 Å². The van der Waals surface area contributed by atoms with Gasteiger partial charge in [0.05, 0.1) is 6.26 Å². The normalized spacial score (nSPS) is 17.2. The van der Waals surface area contributed by atoms with Crippen LogP contribution in [0.5, 0.6) is 0 Å². The van der Waals surface area contributed by atoms with E-state index in [4.69, 9.17) is 4.42 Å². The Morgan fingerprint density at radius 2 is 2.21 bits per heavy atom. The van der Waals surface area contributed by atoms with Crippen molar-refractivity contribution >= 4 is 10.1 Å². The second kappa shape index (κ2) is 3.32. The van der Waals surface area contributed by atoms with E-state index in [1.807, 2.05) is 0 Å². The first-order valence-electron chi connectivity index (χ1n) is 4.21. The summed E-state index contributed by atoms with van der Waals surface area (Å²) in [5.41, 5.74) is 0. The highest BCUT2D eigenvalue weighted by Crippen LogP contribution is 2.38. The van der Waals surface area contributed by atoms with Gasteiger partial charge in [0.2, 0.25) is 11.8 Å². The van der Waals surface area contributed by atoms with Crippen molar-refractivity contribution in [3.8, 4) is 0 Å². The van der Waals surface area contributed by atoms with Gasteiger partial charge in [0.1, 0.15) is 6.61 Å². The topological polar surface area (TPSA) is 82.3 Å². The van der Waals surface area contributed by atoms with E-state index < -0.39 is 10.1 Å². The van der Waals surface area contributed by atoms with Gasteiger partial charge in [0, 0.05) is 5.92 Å². The van der Waals surface area contributed by atoms with Crippen LogP contribution in [-0.4, -0.2) is 24.9 Å². The van der Waals surface area contributed by atoms with E-state index in [-0.39, 0.29) is 12.5 Å². The molecule has 6 nitrogen and oxygen atoms in total. The summed E-state index contributed by atoms with van der Waals surface area (Å²) in [5.74, 6) is 1.16. The second-order valence-electron chi connectivity index (χ2n) is 3.27. The maximum atomic E-state index is 10.6. The highest BCUT2D eigenvalue weighted by Gasteiger charge is 2.29. The largest absolute Gasteiger partial charge is 0.422 e. The Kier molecular flexibility index (Phi) is 2.28. The zero-order valence-corrected chi connectivity index (χ0v) is 8.45. The van der Waals surface area contributed by atoms with Crippen LogP contribution in [0.15, 0.2) is 4.42 Å². The minimum absolute atomic E-state index is 0.182. The molecule has 1 aliphatic carbocycles. The monoisotopic (exact) mass is 218 g/mol. The van der Waals surface area contributed by atoms with Crippen molar-refractivity contribution in [2.75, 3.05) is 6.26 Å². The van der Waals surface area contributed by atoms with Gasteiger partial charge >= 0.3 is 0 Å². The predicted octanol–water partition coefficient (Wildman–Crippen LogP) is 0.423. The molecule has 0 spiro atoms. The molecular formula is C7H10N2O4S. The fourth-order valence-corrected chi connectivity index (χ4v) is 1.29. The molecule has 7 heteroatoms. The second-order valence-corrected chi connectivity index (χ2v) is 4.92. The molecule has 0 amide bonds. The summed E-state index contributed by atoms with van der Waals surface area (Å²) in [6.45, 7) is -0.182. The summed E-state index contributed by atoms with van der Waals surface area (Å²) in [5, 5.41) is 7.46. The third-order valence-electron chi connectivity index (χ3n) is 1.81. The molecule has 0 radical (unpaired) electrons. The van der Waals surface area contributed by atoms with Crippen molar-refractivity contribution in [3.63, 3.8) is 0 Å². The summed E-state index contributed by atoms with van der Waals surface area (Å²) < 4.78 is 31.0. The molecule has 0 bridgehead atoms. The Bertz CT molecular complexity index is 421. The minimum Gasteiger partial charge on any atom is -0.422 e. The third kappa shape index (κ3) is 2.52. The molecule has 0 N–H and O–H groups in total. The molecular weight excluding hydrogens is 208 g/mol. The van der Waals surface area contributed by atoms with Gasteiger partial charge in [-0.3, -0.25) is 4.18 Å². The van der Waals surface area contributed by atoms with Crippen LogP contribution in [0.4, 0.5) is 0 Å². The SMILES string of the molecule is CS(=O)(=O)OCc1nnc(C2CC2)o1. The van der Waals surface area contributed by atoms with E-state index >= 15 is 0 Å². The van der Waals surface area contributed by atoms with Gasteiger partial charge in [-0.1, -0.05) is 0 Å². The lowest BCUT2D eigenvalue weighted by molar-refractivity contribution is 0.266. The fourth-order valence-electron chi connectivity index (χ4n) is 0.978. The molecule has 1 aromatic rings. The zero-order valence-electron chi connectivity index (χ0n) is 7.63. The summed E-state index contributed by atoms with van der Waals surface area (Å²) in [6, 6.07) is 0. The van der Waals surface area contributed by atoms with Crippen LogP contribution in [-0.2, 0) is 20.9 Å². The lowest BCUT2D eigenvalue weighted by Crippen LogP contribution is -2.02. The molecule has 1 aliphatic rings. The van der Waals surface area contributed by atoms with Gasteiger partial charge in [0.25, 0.3) is 10.1 Å². The van der Waals surface area contributed by atoms with Crippen molar-refractivity contribution < 1.29 is 17.0 Å². The van der Waals surface area contributed by atoms with Crippen LogP contribution in [0.3, 0.4) is 0 Å². The minimum atomic E-state index is -3.45. The molecule has 0 aliphatic heterocycles. The van der Waals surface area contributed by atoms with Crippen LogP contribution in [0, 0.1) is 0 Å². The molecule has 1 heterocycles. The Labute approximate surface area is 81.4 Å². The molecule has 0 aromatic carbocycles. The first kappa shape index (κ1) is 9.60. The number of aromatic nitrogens is 2. The van der Waals surface area contributed by atoms with Crippen LogP contribution in [0.25, 0.3) is 0 Å². The van der Waals surface area contributed by atoms with Crippen molar-refractivity contribution in [2.24, 2.45) is 0 Å². The van der Waals surface area contributed by atoms with Gasteiger partial charge in [-0.05, 0) is 12.8 Å². The molecule has 78 valence electrons. The Balaban J connectivity index is 1.96. The average Bonchev–Trinajstić information content (AvgIpc) is 2.81. The lowest BCUT2D eigenvalue weighted by atomic mass is 10.4. The number of hydrogen-bond donors (Lipinski definition) is 0. The Morgan fingerprint density at radius 3 is 2.79 bits per heavy atom. The van der Waals surface area contributed by atoms with E-state index in [0.29, 0.717) is 11.8 Å². The number of nitrogens with zero attached hydrogens (tertiary/aromatic N) is 2. The maximum Gasteiger partial charge on any atom is 0.264 e. The third-order valence-corrected chi connectivity index (χ3v) is 2.35. The zero-order chi connectivity index (χ0) is 10.2. The Hall–Kier alpha value is -0.950. The molecule has 1 fully saturated rings. The first-order chi connectivity index (χ1) is 6.54. The number of hydrogen-bond acceptors (Lipinski definition) is 6. The summed E-state index contributed by atoms with van der Waals surface area (Å²) in [7, 11) is -3.45. The average molecular weight is 218 g/mol. The van der Waals surface area contributed by atoms with E-state index in [1.165, 1.54) is 0 Å². The smallest absolute Gasteiger partial charge is 0.264 e. The van der Waals surface area contributed by atoms with Crippen LogP contribution in [0.2, 0.25) is 0 Å². The van der Waals surface area contributed by atoms with Crippen LogP contribution in [0.1, 0.15) is 30.5 Å². The molecule has 1 aromatic heterocycles. The van der Waals surface area contributed by atoms with E-state index in [1.54, 1.807) is 0 Å². The fraction of sp³-hybridized carbons (Fsp3) is 0.714. The number of rotatable bonds is 4. The first-order valence-corrected chi connectivity index (χ1v) is 6.03. The molecule has 0 atom stereocenters. The lowest BCUT2D eigenvalue weighted by Gasteiger charge is -1.94.